The molecule has 0 unspecified atom stereocenters. The normalized spacial score (nSPS) is 15.7. The Kier molecular flexibility index (Phi) is 3.64. The van der Waals surface area contributed by atoms with Gasteiger partial charge in [-0.15, -0.1) is 10.2 Å². The van der Waals surface area contributed by atoms with E-state index in [1.807, 2.05) is 6.08 Å². The van der Waals surface area contributed by atoms with Crippen LogP contribution < -0.4 is 0 Å². The quantitative estimate of drug-likeness (QED) is 0.738. The first-order chi connectivity index (χ1) is 8.08. The Morgan fingerprint density at radius 3 is 2.82 bits per heavy atom. The standard InChI is InChI=1S/C11H11Cl2N3O/c1-7-2-4-16(5-3-7)11(17)8-6-9(12)14-15-10(8)13/h2,6H,3-5H2,1H3. The minimum absolute atomic E-state index is 0.0886. The molecule has 2 rings (SSSR count). The first kappa shape index (κ1) is 12.3. The van der Waals surface area contributed by atoms with Gasteiger partial charge >= 0.3 is 0 Å². The second-order valence-electron chi connectivity index (χ2n) is 3.92. The van der Waals surface area contributed by atoms with Gasteiger partial charge in [-0.3, -0.25) is 4.79 Å². The molecule has 0 spiro atoms. The SMILES string of the molecule is CC1=CCN(C(=O)c2cc(Cl)nnc2Cl)CC1. The number of aromatic nitrogens is 2. The van der Waals surface area contributed by atoms with E-state index in [0.29, 0.717) is 18.7 Å². The molecule has 2 heterocycles. The zero-order valence-electron chi connectivity index (χ0n) is 9.28. The molecule has 0 atom stereocenters. The summed E-state index contributed by atoms with van der Waals surface area (Å²) in [6, 6.07) is 1.45. The fourth-order valence-electron chi connectivity index (χ4n) is 1.63. The minimum Gasteiger partial charge on any atom is -0.334 e. The molecular formula is C11H11Cl2N3O. The highest BCUT2D eigenvalue weighted by Crippen LogP contribution is 2.19. The third-order valence-electron chi connectivity index (χ3n) is 2.67. The van der Waals surface area contributed by atoms with Gasteiger partial charge in [0.15, 0.2) is 10.3 Å². The van der Waals surface area contributed by atoms with Gasteiger partial charge in [0.25, 0.3) is 5.91 Å². The molecule has 0 saturated carbocycles. The van der Waals surface area contributed by atoms with Crippen LogP contribution in [-0.2, 0) is 0 Å². The Morgan fingerprint density at radius 2 is 2.18 bits per heavy atom. The van der Waals surface area contributed by atoms with Crippen molar-refractivity contribution in [1.82, 2.24) is 15.1 Å². The predicted octanol–water partition coefficient (Wildman–Crippen LogP) is 2.58. The number of hydrogen-bond donors (Lipinski definition) is 0. The van der Waals surface area contributed by atoms with Crippen LogP contribution in [0.5, 0.6) is 0 Å². The molecule has 0 aliphatic carbocycles. The minimum atomic E-state index is -0.157. The van der Waals surface area contributed by atoms with Crippen LogP contribution in [0.2, 0.25) is 10.3 Å². The van der Waals surface area contributed by atoms with Gasteiger partial charge in [0, 0.05) is 13.1 Å². The monoisotopic (exact) mass is 271 g/mol. The lowest BCUT2D eigenvalue weighted by molar-refractivity contribution is 0.0768. The number of amides is 1. The molecule has 1 aliphatic heterocycles. The van der Waals surface area contributed by atoms with Gasteiger partial charge in [-0.1, -0.05) is 34.9 Å². The van der Waals surface area contributed by atoms with E-state index in [2.05, 4.69) is 17.1 Å². The summed E-state index contributed by atoms with van der Waals surface area (Å²) < 4.78 is 0. The van der Waals surface area contributed by atoms with Crippen LogP contribution in [0.4, 0.5) is 0 Å². The molecule has 0 aromatic carbocycles. The van der Waals surface area contributed by atoms with E-state index < -0.39 is 0 Å². The maximum absolute atomic E-state index is 12.2. The van der Waals surface area contributed by atoms with Crippen molar-refractivity contribution in [3.63, 3.8) is 0 Å². The molecule has 0 radical (unpaired) electrons. The molecule has 1 aromatic heterocycles. The van der Waals surface area contributed by atoms with Crippen molar-refractivity contribution in [2.24, 2.45) is 0 Å². The van der Waals surface area contributed by atoms with Gasteiger partial charge in [0.1, 0.15) is 0 Å². The third-order valence-corrected chi connectivity index (χ3v) is 3.14. The molecule has 0 saturated heterocycles. The van der Waals surface area contributed by atoms with Gasteiger partial charge in [0.05, 0.1) is 5.56 Å². The summed E-state index contributed by atoms with van der Waals surface area (Å²) in [6.07, 6.45) is 2.92. The van der Waals surface area contributed by atoms with E-state index >= 15 is 0 Å². The van der Waals surface area contributed by atoms with Crippen LogP contribution in [0.15, 0.2) is 17.7 Å². The first-order valence-corrected chi connectivity index (χ1v) is 5.97. The molecule has 1 aliphatic rings. The molecular weight excluding hydrogens is 261 g/mol. The molecule has 90 valence electrons. The summed E-state index contributed by atoms with van der Waals surface area (Å²) in [6.45, 7) is 3.35. The number of nitrogens with zero attached hydrogens (tertiary/aromatic N) is 3. The second kappa shape index (κ2) is 5.02. The lowest BCUT2D eigenvalue weighted by atomic mass is 10.1. The fourth-order valence-corrected chi connectivity index (χ4v) is 1.95. The summed E-state index contributed by atoms with van der Waals surface area (Å²) in [5, 5.41) is 7.47. The predicted molar refractivity (Wildman–Crippen MR) is 66.3 cm³/mol. The van der Waals surface area contributed by atoms with E-state index in [1.165, 1.54) is 11.6 Å². The van der Waals surface area contributed by atoms with Crippen molar-refractivity contribution in [3.05, 3.63) is 33.6 Å². The van der Waals surface area contributed by atoms with Crippen LogP contribution in [0, 0.1) is 0 Å². The summed E-state index contributed by atoms with van der Waals surface area (Å²) in [5.74, 6) is -0.157. The molecule has 17 heavy (non-hydrogen) atoms. The summed E-state index contributed by atoms with van der Waals surface area (Å²) >= 11 is 11.6. The van der Waals surface area contributed by atoms with Crippen molar-refractivity contribution < 1.29 is 4.79 Å². The zero-order chi connectivity index (χ0) is 12.4. The number of carbonyl (C=O) groups excluding carboxylic acids is 1. The maximum atomic E-state index is 12.2. The highest BCUT2D eigenvalue weighted by molar-refractivity contribution is 6.34. The maximum Gasteiger partial charge on any atom is 0.257 e. The Bertz CT molecular complexity index is 488. The second-order valence-corrected chi connectivity index (χ2v) is 4.67. The number of halogens is 2. The smallest absolute Gasteiger partial charge is 0.257 e. The van der Waals surface area contributed by atoms with Crippen molar-refractivity contribution in [2.75, 3.05) is 13.1 Å². The lowest BCUT2D eigenvalue weighted by Crippen LogP contribution is -2.35. The molecule has 4 nitrogen and oxygen atoms in total. The Labute approximate surface area is 109 Å². The molecule has 0 fully saturated rings. The third kappa shape index (κ3) is 2.76. The largest absolute Gasteiger partial charge is 0.334 e. The van der Waals surface area contributed by atoms with E-state index in [0.717, 1.165) is 6.42 Å². The summed E-state index contributed by atoms with van der Waals surface area (Å²) in [7, 11) is 0. The number of carbonyl (C=O) groups is 1. The van der Waals surface area contributed by atoms with Gasteiger partial charge in [-0.2, -0.15) is 0 Å². The average Bonchev–Trinajstić information content (AvgIpc) is 2.32. The van der Waals surface area contributed by atoms with Crippen LogP contribution in [0.3, 0.4) is 0 Å². The van der Waals surface area contributed by atoms with E-state index in [9.17, 15) is 4.79 Å². The van der Waals surface area contributed by atoms with Crippen LogP contribution >= 0.6 is 23.2 Å². The van der Waals surface area contributed by atoms with Crippen molar-refractivity contribution in [3.8, 4) is 0 Å². The van der Waals surface area contributed by atoms with E-state index in [1.54, 1.807) is 4.90 Å². The Morgan fingerprint density at radius 1 is 1.41 bits per heavy atom. The Hall–Kier alpha value is -1.13. The molecule has 6 heteroatoms. The van der Waals surface area contributed by atoms with Gasteiger partial charge < -0.3 is 4.90 Å². The molecule has 0 N–H and O–H groups in total. The Balaban J connectivity index is 2.23. The molecule has 0 bridgehead atoms. The number of rotatable bonds is 1. The van der Waals surface area contributed by atoms with Gasteiger partial charge in [-0.05, 0) is 19.4 Å². The fraction of sp³-hybridized carbons (Fsp3) is 0.364. The zero-order valence-corrected chi connectivity index (χ0v) is 10.8. The highest BCUT2D eigenvalue weighted by Gasteiger charge is 2.21. The van der Waals surface area contributed by atoms with Gasteiger partial charge in [-0.25, -0.2) is 0 Å². The van der Waals surface area contributed by atoms with Gasteiger partial charge in [0.2, 0.25) is 0 Å². The molecule has 1 amide bonds. The highest BCUT2D eigenvalue weighted by atomic mass is 35.5. The first-order valence-electron chi connectivity index (χ1n) is 5.21. The van der Waals surface area contributed by atoms with Crippen molar-refractivity contribution >= 4 is 29.1 Å². The van der Waals surface area contributed by atoms with Crippen molar-refractivity contribution in [1.29, 1.82) is 0 Å². The van der Waals surface area contributed by atoms with E-state index in [4.69, 9.17) is 23.2 Å². The lowest BCUT2D eigenvalue weighted by Gasteiger charge is -2.25. The van der Waals surface area contributed by atoms with Crippen molar-refractivity contribution in [2.45, 2.75) is 13.3 Å². The van der Waals surface area contributed by atoms with Crippen LogP contribution in [-0.4, -0.2) is 34.1 Å². The van der Waals surface area contributed by atoms with Crippen LogP contribution in [0.1, 0.15) is 23.7 Å². The summed E-state index contributed by atoms with van der Waals surface area (Å²) in [4.78, 5) is 13.9. The molecule has 1 aromatic rings. The average molecular weight is 272 g/mol. The summed E-state index contributed by atoms with van der Waals surface area (Å²) in [5.41, 5.74) is 1.60. The number of hydrogen-bond acceptors (Lipinski definition) is 3. The topological polar surface area (TPSA) is 46.1 Å². The van der Waals surface area contributed by atoms with E-state index in [-0.39, 0.29) is 16.2 Å². The van der Waals surface area contributed by atoms with Crippen LogP contribution in [0.25, 0.3) is 0 Å².